The number of carbonyl (C=O) groups is 6. The van der Waals surface area contributed by atoms with E-state index in [1.807, 2.05) is 55.4 Å². The second-order valence-corrected chi connectivity index (χ2v) is 25.6. The summed E-state index contributed by atoms with van der Waals surface area (Å²) in [6, 6.07) is 27.6. The SMILES string of the molecule is CCOCCNC(=O)C(CC(F)(F)F)N1C(=O)c2cc(Oc3ccc(C(C)C)cc3)c3c4c(Oc5ccc(C(C)C)cc5)cc5c6c(cc(Oc7ccc(C(C)C)cc7)c(c7c(Oc8ccc(C(C)C)cc8)cc(c2c37)C1=O)c64)C(=O)N(C(CC(F)(F)F)C(=O)NCCOCC)C5=O. The van der Waals surface area contributed by atoms with Crippen LogP contribution in [0.5, 0.6) is 46.0 Å². The van der Waals surface area contributed by atoms with Gasteiger partial charge in [0.2, 0.25) is 11.8 Å². The number of fused-ring (bicyclic) bond motifs is 2. The van der Waals surface area contributed by atoms with E-state index in [2.05, 4.69) is 10.6 Å². The van der Waals surface area contributed by atoms with Gasteiger partial charge in [-0.1, -0.05) is 104 Å². The molecule has 2 aliphatic heterocycles. The Morgan fingerprint density at radius 2 is 0.612 bits per heavy atom. The van der Waals surface area contributed by atoms with Crippen molar-refractivity contribution in [1.29, 1.82) is 0 Å². The molecule has 0 aliphatic carbocycles. The minimum absolute atomic E-state index is 0.00582. The normalized spacial score (nSPS) is 14.1. The second kappa shape index (κ2) is 28.0. The zero-order valence-corrected chi connectivity index (χ0v) is 55.7. The van der Waals surface area contributed by atoms with Crippen LogP contribution in [0.4, 0.5) is 26.3 Å². The molecule has 22 heteroatoms. The Bertz CT molecular complexity index is 4030. The standard InChI is InChI=1S/C76H74F6N4O12/c1-11-93-31-29-83-69(87)55(37-75(77,78)79)85-71(89)51-33-57(95-47-21-13-43(14-22-47)39(3)4)63-65-59(97-49-25-17-45(18-26-49)41(7)8)35-53-62-54(74(92)86(73(53)91)56(38-76(80,81)82)70(88)84-30-32-94-12-2)36-60(98-50-27-19-46(20-28-50)42(9)10)66(68(62)65)64-58(34-52(72(85)90)61(51)67(63)64)96-48-23-15-44(16-24-48)40(5)6/h13-28,33-36,39-42,55-56H,11-12,29-32,37-38H2,1-10H3,(H,83,87)(H,84,88). The molecule has 9 aromatic carbocycles. The highest BCUT2D eigenvalue weighted by Gasteiger charge is 2.50. The van der Waals surface area contributed by atoms with Gasteiger partial charge >= 0.3 is 12.4 Å². The van der Waals surface area contributed by atoms with Crippen molar-refractivity contribution < 1.29 is 83.5 Å². The van der Waals surface area contributed by atoms with Crippen LogP contribution >= 0.6 is 0 Å². The highest BCUT2D eigenvalue weighted by atomic mass is 19.4. The van der Waals surface area contributed by atoms with Gasteiger partial charge in [-0.15, -0.1) is 0 Å². The van der Waals surface area contributed by atoms with Gasteiger partial charge in [-0.05, 0) is 133 Å². The number of hydrogen-bond donors (Lipinski definition) is 2. The van der Waals surface area contributed by atoms with Crippen molar-refractivity contribution in [3.05, 3.63) is 166 Å². The fourth-order valence-corrected chi connectivity index (χ4v) is 12.7. The average Bonchev–Trinajstić information content (AvgIpc) is 0.672. The molecule has 0 saturated carbocycles. The van der Waals surface area contributed by atoms with Crippen LogP contribution in [-0.4, -0.2) is 109 Å². The summed E-state index contributed by atoms with van der Waals surface area (Å²) in [5, 5.41) is 4.51. The molecule has 98 heavy (non-hydrogen) atoms. The van der Waals surface area contributed by atoms with Crippen molar-refractivity contribution in [2.75, 3.05) is 39.5 Å². The Hall–Kier alpha value is -9.80. The van der Waals surface area contributed by atoms with Crippen LogP contribution in [0, 0.1) is 0 Å². The number of benzene rings is 9. The van der Waals surface area contributed by atoms with Gasteiger partial charge < -0.3 is 39.1 Å². The topological polar surface area (TPSA) is 188 Å². The first kappa shape index (κ1) is 69.5. The molecule has 2 N–H and O–H groups in total. The maximum Gasteiger partial charge on any atom is 0.391 e. The predicted octanol–water partition coefficient (Wildman–Crippen LogP) is 17.5. The first-order chi connectivity index (χ1) is 46.6. The first-order valence-corrected chi connectivity index (χ1v) is 32.6. The molecule has 2 aliphatic rings. The maximum atomic E-state index is 15.9. The zero-order valence-electron chi connectivity index (χ0n) is 55.7. The van der Waals surface area contributed by atoms with Gasteiger partial charge in [-0.2, -0.15) is 26.3 Å². The summed E-state index contributed by atoms with van der Waals surface area (Å²) >= 11 is 0. The molecule has 2 heterocycles. The highest BCUT2D eigenvalue weighted by Crippen LogP contribution is 2.58. The van der Waals surface area contributed by atoms with E-state index in [0.29, 0.717) is 0 Å². The third-order valence-corrected chi connectivity index (χ3v) is 17.6. The molecule has 2 atom stereocenters. The van der Waals surface area contributed by atoms with Crippen LogP contribution in [-0.2, 0) is 19.1 Å². The van der Waals surface area contributed by atoms with Gasteiger partial charge in [0, 0.05) is 69.4 Å². The van der Waals surface area contributed by atoms with Crippen LogP contribution in [0.1, 0.15) is 169 Å². The summed E-state index contributed by atoms with van der Waals surface area (Å²) in [7, 11) is 0. The number of hydrogen-bond acceptors (Lipinski definition) is 12. The Kier molecular flexibility index (Phi) is 19.8. The number of rotatable bonds is 26. The second-order valence-electron chi connectivity index (χ2n) is 25.6. The average molecular weight is 1350 g/mol. The Balaban J connectivity index is 1.34. The molecule has 512 valence electrons. The molecular formula is C76H74F6N4O12. The van der Waals surface area contributed by atoms with Gasteiger partial charge in [0.15, 0.2) is 0 Å². The Labute approximate surface area is 561 Å². The quantitative estimate of drug-likeness (QED) is 0.0172. The van der Waals surface area contributed by atoms with Crippen LogP contribution in [0.25, 0.3) is 43.1 Å². The number of carbonyl (C=O) groups excluding carboxylic acids is 6. The van der Waals surface area contributed by atoms with E-state index in [9.17, 15) is 9.59 Å². The van der Waals surface area contributed by atoms with Gasteiger partial charge in [0.1, 0.15) is 58.1 Å². The van der Waals surface area contributed by atoms with Crippen LogP contribution in [0.2, 0.25) is 0 Å². The van der Waals surface area contributed by atoms with E-state index in [4.69, 9.17) is 28.4 Å². The zero-order chi connectivity index (χ0) is 70.4. The van der Waals surface area contributed by atoms with E-state index in [1.165, 1.54) is 24.3 Å². The van der Waals surface area contributed by atoms with E-state index in [1.54, 1.807) is 111 Å². The molecule has 0 bridgehead atoms. The molecule has 6 amide bonds. The monoisotopic (exact) mass is 1350 g/mol. The summed E-state index contributed by atoms with van der Waals surface area (Å²) in [6.45, 7) is 18.8. The van der Waals surface area contributed by atoms with E-state index < -0.39 is 95.0 Å². The van der Waals surface area contributed by atoms with Crippen molar-refractivity contribution in [1.82, 2.24) is 20.4 Å². The third kappa shape index (κ3) is 13.9. The maximum absolute atomic E-state index is 15.9. The number of alkyl halides is 6. The van der Waals surface area contributed by atoms with E-state index in [0.717, 1.165) is 22.3 Å². The van der Waals surface area contributed by atoms with Gasteiger partial charge in [-0.3, -0.25) is 38.6 Å². The van der Waals surface area contributed by atoms with Crippen molar-refractivity contribution in [3.8, 4) is 46.0 Å². The lowest BCUT2D eigenvalue weighted by molar-refractivity contribution is -0.153. The van der Waals surface area contributed by atoms with Crippen molar-refractivity contribution in [2.45, 2.75) is 130 Å². The van der Waals surface area contributed by atoms with Gasteiger partial charge in [0.05, 0.1) is 48.3 Å². The first-order valence-electron chi connectivity index (χ1n) is 32.6. The van der Waals surface area contributed by atoms with Crippen molar-refractivity contribution >= 4 is 78.5 Å². The molecule has 0 radical (unpaired) electrons. The van der Waals surface area contributed by atoms with Crippen LogP contribution in [0.15, 0.2) is 121 Å². The summed E-state index contributed by atoms with van der Waals surface area (Å²) < 4.78 is 129. The van der Waals surface area contributed by atoms with Gasteiger partial charge in [-0.25, -0.2) is 0 Å². The molecule has 11 rings (SSSR count). The highest BCUT2D eigenvalue weighted by molar-refractivity contribution is 6.45. The molecule has 0 spiro atoms. The van der Waals surface area contributed by atoms with Crippen LogP contribution < -0.4 is 29.6 Å². The van der Waals surface area contributed by atoms with Crippen molar-refractivity contribution in [2.24, 2.45) is 0 Å². The fraction of sp³-hybridized carbons (Fsp3) is 0.342. The lowest BCUT2D eigenvalue weighted by atomic mass is 9.80. The molecule has 0 fully saturated rings. The summed E-state index contributed by atoms with van der Waals surface area (Å²) in [5.41, 5.74) is 1.96. The third-order valence-electron chi connectivity index (χ3n) is 17.6. The fourth-order valence-electron chi connectivity index (χ4n) is 12.7. The molecule has 9 aromatic rings. The predicted molar refractivity (Wildman–Crippen MR) is 359 cm³/mol. The number of halogens is 6. The van der Waals surface area contributed by atoms with Crippen LogP contribution in [0.3, 0.4) is 0 Å². The van der Waals surface area contributed by atoms with Crippen molar-refractivity contribution in [3.63, 3.8) is 0 Å². The Morgan fingerprint density at radius 3 is 0.816 bits per heavy atom. The molecule has 2 unspecified atom stereocenters. The number of nitrogens with zero attached hydrogens (tertiary/aromatic N) is 2. The number of imide groups is 2. The summed E-state index contributed by atoms with van der Waals surface area (Å²) in [5.74, 6) is -8.00. The smallest absolute Gasteiger partial charge is 0.391 e. The number of ether oxygens (including phenoxy) is 6. The van der Waals surface area contributed by atoms with E-state index >= 15 is 45.5 Å². The number of nitrogens with one attached hydrogen (secondary N) is 2. The molecule has 0 aromatic heterocycles. The number of amides is 6. The van der Waals surface area contributed by atoms with E-state index in [-0.39, 0.29) is 162 Å². The Morgan fingerprint density at radius 1 is 0.378 bits per heavy atom. The lowest BCUT2D eigenvalue weighted by Crippen LogP contribution is -2.55. The molecular weight excluding hydrogens is 1270 g/mol. The minimum atomic E-state index is -5.13. The van der Waals surface area contributed by atoms with Gasteiger partial charge in [0.25, 0.3) is 23.6 Å². The summed E-state index contributed by atoms with van der Waals surface area (Å²) in [6.07, 6.45) is -14.2. The lowest BCUT2D eigenvalue weighted by Gasteiger charge is -2.36. The summed E-state index contributed by atoms with van der Waals surface area (Å²) in [4.78, 5) is 92.7. The largest absolute Gasteiger partial charge is 0.457 e. The minimum Gasteiger partial charge on any atom is -0.457 e. The molecule has 16 nitrogen and oxygen atoms in total. The molecule has 0 saturated heterocycles.